The summed E-state index contributed by atoms with van der Waals surface area (Å²) in [4.78, 5) is 4.49. The van der Waals surface area contributed by atoms with Gasteiger partial charge in [0, 0.05) is 24.2 Å². The van der Waals surface area contributed by atoms with Crippen LogP contribution in [0.15, 0.2) is 90.3 Å². The molecule has 1 heterocycles. The summed E-state index contributed by atoms with van der Waals surface area (Å²) >= 11 is 14.5. The predicted octanol–water partition coefficient (Wildman–Crippen LogP) is 7.05. The third-order valence-electron chi connectivity index (χ3n) is 4.32. The first-order valence-electron chi connectivity index (χ1n) is 9.07. The van der Waals surface area contributed by atoms with Crippen molar-refractivity contribution >= 4 is 35.0 Å². The number of rotatable bonds is 7. The van der Waals surface area contributed by atoms with E-state index in [1.54, 1.807) is 24.0 Å². The van der Waals surface area contributed by atoms with Crippen LogP contribution < -0.4 is 4.74 Å². The number of nitrogens with zero attached hydrogens (tertiary/aromatic N) is 2. The van der Waals surface area contributed by atoms with Gasteiger partial charge in [-0.15, -0.1) is 0 Å². The van der Waals surface area contributed by atoms with E-state index in [0.717, 1.165) is 22.2 Å². The number of imidazole rings is 1. The summed E-state index contributed by atoms with van der Waals surface area (Å²) in [5, 5.41) is 1.88. The third-order valence-corrected chi connectivity index (χ3v) is 5.95. The zero-order valence-electron chi connectivity index (χ0n) is 15.5. The maximum absolute atomic E-state index is 6.50. The van der Waals surface area contributed by atoms with Crippen LogP contribution in [0.4, 0.5) is 0 Å². The lowest BCUT2D eigenvalue weighted by Gasteiger charge is -2.14. The fourth-order valence-electron chi connectivity index (χ4n) is 2.85. The van der Waals surface area contributed by atoms with Gasteiger partial charge in [-0.3, -0.25) is 4.57 Å². The van der Waals surface area contributed by atoms with Crippen molar-refractivity contribution in [2.45, 2.75) is 17.5 Å². The van der Waals surface area contributed by atoms with E-state index < -0.39 is 0 Å². The summed E-state index contributed by atoms with van der Waals surface area (Å²) in [5.41, 5.74) is 3.09. The van der Waals surface area contributed by atoms with E-state index in [1.807, 2.05) is 65.4 Å². The van der Waals surface area contributed by atoms with Crippen LogP contribution >= 0.6 is 35.0 Å². The summed E-state index contributed by atoms with van der Waals surface area (Å²) in [6.07, 6.45) is 3.66. The molecule has 0 saturated carbocycles. The molecule has 0 aliphatic carbocycles. The highest BCUT2D eigenvalue weighted by Crippen LogP contribution is 2.35. The van der Waals surface area contributed by atoms with Gasteiger partial charge in [0.1, 0.15) is 12.4 Å². The summed E-state index contributed by atoms with van der Waals surface area (Å²) in [6, 6.07) is 23.8. The molecule has 3 nitrogen and oxygen atoms in total. The maximum atomic E-state index is 6.50. The van der Waals surface area contributed by atoms with Gasteiger partial charge in [-0.2, -0.15) is 0 Å². The molecule has 4 rings (SSSR count). The fraction of sp³-hybridized carbons (Fsp3) is 0.0870. The fourth-order valence-corrected chi connectivity index (χ4v) is 4.30. The minimum absolute atomic E-state index is 0.432. The molecule has 0 atom stereocenters. The van der Waals surface area contributed by atoms with Crippen molar-refractivity contribution in [3.8, 4) is 11.4 Å². The van der Waals surface area contributed by atoms with Crippen LogP contribution in [0.3, 0.4) is 0 Å². The molecule has 0 aliphatic rings. The van der Waals surface area contributed by atoms with E-state index in [-0.39, 0.29) is 0 Å². The Morgan fingerprint density at radius 3 is 2.28 bits per heavy atom. The Hall–Kier alpha value is -2.40. The quantitative estimate of drug-likeness (QED) is 0.288. The monoisotopic (exact) mass is 440 g/mol. The standard InChI is InChI=1S/C23H18Cl2N2OS/c24-19-13-20(25)22(28-15-17-7-3-1-4-8-17)14-21(19)27-12-11-26-23(27)29-16-18-9-5-2-6-10-18/h1-14H,15-16H2. The lowest BCUT2D eigenvalue weighted by Crippen LogP contribution is -2.00. The molecule has 0 N–H and O–H groups in total. The van der Waals surface area contributed by atoms with Crippen LogP contribution in [0.1, 0.15) is 11.1 Å². The SMILES string of the molecule is Clc1cc(Cl)c(-n2ccnc2SCc2ccccc2)cc1OCc1ccccc1. The van der Waals surface area contributed by atoms with Gasteiger partial charge in [0.15, 0.2) is 5.16 Å². The first kappa shape index (κ1) is 19.9. The van der Waals surface area contributed by atoms with Crippen LogP contribution in [0.5, 0.6) is 5.75 Å². The molecule has 0 bridgehead atoms. The zero-order chi connectivity index (χ0) is 20.1. The molecule has 29 heavy (non-hydrogen) atoms. The molecular formula is C23H18Cl2N2OS. The van der Waals surface area contributed by atoms with Gasteiger partial charge < -0.3 is 4.74 Å². The molecule has 0 amide bonds. The second-order valence-electron chi connectivity index (χ2n) is 6.36. The Bertz CT molecular complexity index is 1080. The second-order valence-corrected chi connectivity index (χ2v) is 8.12. The number of halogens is 2. The van der Waals surface area contributed by atoms with E-state index in [0.29, 0.717) is 22.4 Å². The van der Waals surface area contributed by atoms with Gasteiger partial charge in [0.25, 0.3) is 0 Å². The van der Waals surface area contributed by atoms with Gasteiger partial charge in [0.2, 0.25) is 0 Å². The molecule has 6 heteroatoms. The average Bonchev–Trinajstić information content (AvgIpc) is 3.21. The van der Waals surface area contributed by atoms with Crippen molar-refractivity contribution in [2.75, 3.05) is 0 Å². The highest BCUT2D eigenvalue weighted by atomic mass is 35.5. The summed E-state index contributed by atoms with van der Waals surface area (Å²) in [5.74, 6) is 1.41. The van der Waals surface area contributed by atoms with Crippen molar-refractivity contribution < 1.29 is 4.74 Å². The Kier molecular flexibility index (Phi) is 6.45. The van der Waals surface area contributed by atoms with Crippen molar-refractivity contribution in [3.63, 3.8) is 0 Å². The van der Waals surface area contributed by atoms with Crippen molar-refractivity contribution in [3.05, 3.63) is 106 Å². The number of hydrogen-bond acceptors (Lipinski definition) is 3. The Morgan fingerprint density at radius 1 is 0.862 bits per heavy atom. The van der Waals surface area contributed by atoms with Crippen molar-refractivity contribution in [2.24, 2.45) is 0 Å². The topological polar surface area (TPSA) is 27.1 Å². The molecule has 3 aromatic carbocycles. The second kappa shape index (κ2) is 9.40. The Morgan fingerprint density at radius 2 is 1.55 bits per heavy atom. The van der Waals surface area contributed by atoms with Crippen molar-refractivity contribution in [1.29, 1.82) is 0 Å². The zero-order valence-corrected chi connectivity index (χ0v) is 17.8. The summed E-state index contributed by atoms with van der Waals surface area (Å²) < 4.78 is 7.91. The molecule has 4 aromatic rings. The van der Waals surface area contributed by atoms with Gasteiger partial charge >= 0.3 is 0 Å². The number of benzene rings is 3. The van der Waals surface area contributed by atoms with Gasteiger partial charge in [-0.1, -0.05) is 95.6 Å². The maximum Gasteiger partial charge on any atom is 0.172 e. The molecule has 146 valence electrons. The average molecular weight is 441 g/mol. The largest absolute Gasteiger partial charge is 0.487 e. The van der Waals surface area contributed by atoms with Crippen LogP contribution in [0.25, 0.3) is 5.69 Å². The molecule has 0 spiro atoms. The lowest BCUT2D eigenvalue weighted by atomic mass is 10.2. The molecule has 1 aromatic heterocycles. The number of aromatic nitrogens is 2. The highest BCUT2D eigenvalue weighted by Gasteiger charge is 2.14. The number of hydrogen-bond donors (Lipinski definition) is 0. The van der Waals surface area contributed by atoms with Gasteiger partial charge in [-0.25, -0.2) is 4.98 Å². The lowest BCUT2D eigenvalue weighted by molar-refractivity contribution is 0.306. The van der Waals surface area contributed by atoms with Crippen LogP contribution in [-0.4, -0.2) is 9.55 Å². The molecule has 0 radical (unpaired) electrons. The highest BCUT2D eigenvalue weighted by molar-refractivity contribution is 7.98. The minimum Gasteiger partial charge on any atom is -0.487 e. The van der Waals surface area contributed by atoms with E-state index in [2.05, 4.69) is 17.1 Å². The summed E-state index contributed by atoms with van der Waals surface area (Å²) in [7, 11) is 0. The third kappa shape index (κ3) is 4.96. The van der Waals surface area contributed by atoms with Crippen LogP contribution in [-0.2, 0) is 12.4 Å². The van der Waals surface area contributed by atoms with Crippen molar-refractivity contribution in [1.82, 2.24) is 9.55 Å². The predicted molar refractivity (Wildman–Crippen MR) is 120 cm³/mol. The molecular weight excluding hydrogens is 423 g/mol. The van der Waals surface area contributed by atoms with Crippen LogP contribution in [0, 0.1) is 0 Å². The number of thioether (sulfide) groups is 1. The normalized spacial score (nSPS) is 10.8. The van der Waals surface area contributed by atoms with E-state index in [1.165, 1.54) is 5.56 Å². The minimum atomic E-state index is 0.432. The Balaban J connectivity index is 1.56. The smallest absolute Gasteiger partial charge is 0.172 e. The van der Waals surface area contributed by atoms with Gasteiger partial charge in [0.05, 0.1) is 15.7 Å². The van der Waals surface area contributed by atoms with E-state index >= 15 is 0 Å². The first-order chi connectivity index (χ1) is 14.2. The van der Waals surface area contributed by atoms with Gasteiger partial charge in [-0.05, 0) is 17.2 Å². The first-order valence-corrected chi connectivity index (χ1v) is 10.8. The molecule has 0 saturated heterocycles. The molecule has 0 aliphatic heterocycles. The van der Waals surface area contributed by atoms with Crippen LogP contribution in [0.2, 0.25) is 10.0 Å². The Labute approximate surface area is 184 Å². The molecule has 0 unspecified atom stereocenters. The van der Waals surface area contributed by atoms with E-state index in [9.17, 15) is 0 Å². The summed E-state index contributed by atoms with van der Waals surface area (Å²) in [6.45, 7) is 0.432. The molecule has 0 fully saturated rings. The number of ether oxygens (including phenoxy) is 1. The van der Waals surface area contributed by atoms with E-state index in [4.69, 9.17) is 27.9 Å².